The monoisotopic (exact) mass is 335 g/mol. The molecule has 7 nitrogen and oxygen atoms in total. The molecule has 0 aliphatic heterocycles. The molecule has 3 aromatic rings. The molecule has 0 atom stereocenters. The van der Waals surface area contributed by atoms with Gasteiger partial charge in [-0.25, -0.2) is 19.9 Å². The Balaban J connectivity index is 1.68. The highest BCUT2D eigenvalue weighted by Crippen LogP contribution is 2.24. The molecule has 126 valence electrons. The van der Waals surface area contributed by atoms with Crippen LogP contribution in [0.1, 0.15) is 34.6 Å². The summed E-state index contributed by atoms with van der Waals surface area (Å²) in [5, 5.41) is 3.98. The fourth-order valence-corrected chi connectivity index (χ4v) is 3.00. The summed E-state index contributed by atoms with van der Waals surface area (Å²) in [6.07, 6.45) is 3.77. The maximum atomic E-state index is 11.9. The van der Waals surface area contributed by atoms with Gasteiger partial charge in [0, 0.05) is 18.0 Å². The molecule has 0 saturated carbocycles. The molecular weight excluding hydrogens is 318 g/mol. The van der Waals surface area contributed by atoms with Crippen LogP contribution in [-0.4, -0.2) is 32.8 Å². The van der Waals surface area contributed by atoms with Gasteiger partial charge in [-0.3, -0.25) is 10.1 Å². The highest BCUT2D eigenvalue weighted by molar-refractivity contribution is 5.97. The quantitative estimate of drug-likeness (QED) is 0.787. The number of hydrogen-bond donors (Lipinski definition) is 1. The zero-order valence-electron chi connectivity index (χ0n) is 14.0. The second-order valence-electron chi connectivity index (χ2n) is 5.97. The summed E-state index contributed by atoms with van der Waals surface area (Å²) in [6, 6.07) is 5.66. The van der Waals surface area contributed by atoms with E-state index in [0.717, 1.165) is 40.9 Å². The van der Waals surface area contributed by atoms with Crippen molar-refractivity contribution >= 4 is 28.6 Å². The van der Waals surface area contributed by atoms with E-state index in [0.29, 0.717) is 23.9 Å². The van der Waals surface area contributed by atoms with Gasteiger partial charge in [0.05, 0.1) is 29.6 Å². The average Bonchev–Trinajstić information content (AvgIpc) is 2.62. The highest BCUT2D eigenvalue weighted by Gasteiger charge is 2.19. The van der Waals surface area contributed by atoms with E-state index in [-0.39, 0.29) is 5.78 Å². The Morgan fingerprint density at radius 2 is 2.00 bits per heavy atom. The summed E-state index contributed by atoms with van der Waals surface area (Å²) in [6.45, 7) is 1.92. The first kappa shape index (κ1) is 15.4. The number of methoxy groups -OCH3 is 1. The van der Waals surface area contributed by atoms with Gasteiger partial charge in [-0.2, -0.15) is 0 Å². The van der Waals surface area contributed by atoms with E-state index >= 15 is 0 Å². The first-order valence-corrected chi connectivity index (χ1v) is 8.12. The lowest BCUT2D eigenvalue weighted by Crippen LogP contribution is -2.14. The van der Waals surface area contributed by atoms with Crippen molar-refractivity contribution in [3.8, 4) is 5.75 Å². The van der Waals surface area contributed by atoms with Crippen LogP contribution in [0.25, 0.3) is 10.9 Å². The van der Waals surface area contributed by atoms with Crippen LogP contribution in [0, 0.1) is 6.92 Å². The Labute approximate surface area is 144 Å². The van der Waals surface area contributed by atoms with Gasteiger partial charge < -0.3 is 4.74 Å². The van der Waals surface area contributed by atoms with Gasteiger partial charge in [0.2, 0.25) is 11.9 Å². The van der Waals surface area contributed by atoms with Crippen molar-refractivity contribution in [1.82, 2.24) is 19.9 Å². The lowest BCUT2D eigenvalue weighted by molar-refractivity contribution is 0.0971. The maximum Gasteiger partial charge on any atom is 0.230 e. The van der Waals surface area contributed by atoms with Crippen LogP contribution >= 0.6 is 0 Å². The molecule has 0 unspecified atom stereocenters. The van der Waals surface area contributed by atoms with Crippen molar-refractivity contribution in [2.45, 2.75) is 26.2 Å². The van der Waals surface area contributed by atoms with Crippen LogP contribution in [0.15, 0.2) is 24.4 Å². The van der Waals surface area contributed by atoms with Crippen molar-refractivity contribution in [3.05, 3.63) is 41.3 Å². The Morgan fingerprint density at radius 3 is 2.84 bits per heavy atom. The number of aromatic nitrogens is 4. The third-order valence-electron chi connectivity index (χ3n) is 4.30. The fourth-order valence-electron chi connectivity index (χ4n) is 3.00. The highest BCUT2D eigenvalue weighted by atomic mass is 16.5. The Bertz CT molecular complexity index is 987. The molecular formula is C18H17N5O2. The number of fused-ring (bicyclic) bond motifs is 2. The Morgan fingerprint density at radius 1 is 1.12 bits per heavy atom. The molecule has 25 heavy (non-hydrogen) atoms. The number of anilines is 2. The average molecular weight is 335 g/mol. The van der Waals surface area contributed by atoms with E-state index in [4.69, 9.17) is 4.74 Å². The van der Waals surface area contributed by atoms with Gasteiger partial charge in [0.1, 0.15) is 5.75 Å². The molecule has 1 aromatic carbocycles. The van der Waals surface area contributed by atoms with Gasteiger partial charge in [-0.15, -0.1) is 0 Å². The minimum atomic E-state index is 0.111. The third-order valence-corrected chi connectivity index (χ3v) is 4.30. The topological polar surface area (TPSA) is 89.9 Å². The smallest absolute Gasteiger partial charge is 0.230 e. The number of rotatable bonds is 3. The summed E-state index contributed by atoms with van der Waals surface area (Å²) >= 11 is 0. The second-order valence-corrected chi connectivity index (χ2v) is 5.97. The van der Waals surface area contributed by atoms with Crippen molar-refractivity contribution in [2.24, 2.45) is 0 Å². The van der Waals surface area contributed by atoms with Crippen LogP contribution in [0.5, 0.6) is 5.75 Å². The summed E-state index contributed by atoms with van der Waals surface area (Å²) in [4.78, 5) is 29.5. The normalized spacial score (nSPS) is 13.6. The number of nitrogens with one attached hydrogen (secondary N) is 1. The predicted octanol–water partition coefficient (Wildman–Crippen LogP) is 3.00. The summed E-state index contributed by atoms with van der Waals surface area (Å²) in [5.41, 5.74) is 3.05. The van der Waals surface area contributed by atoms with Crippen LogP contribution in [0.2, 0.25) is 0 Å². The molecule has 4 rings (SSSR count). The van der Waals surface area contributed by atoms with E-state index < -0.39 is 0 Å². The zero-order valence-corrected chi connectivity index (χ0v) is 14.0. The van der Waals surface area contributed by atoms with Gasteiger partial charge in [-0.1, -0.05) is 0 Å². The molecule has 0 fully saturated rings. The number of ketones is 1. The van der Waals surface area contributed by atoms with Crippen molar-refractivity contribution in [1.29, 1.82) is 0 Å². The number of Topliss-reactive ketones (excluding diaryl/α,β-unsaturated/α-hetero) is 1. The molecule has 0 bridgehead atoms. The fraction of sp³-hybridized carbons (Fsp3) is 0.278. The first-order chi connectivity index (χ1) is 12.1. The van der Waals surface area contributed by atoms with Gasteiger partial charge in [0.15, 0.2) is 5.78 Å². The van der Waals surface area contributed by atoms with E-state index in [1.807, 2.05) is 25.1 Å². The van der Waals surface area contributed by atoms with Crippen LogP contribution < -0.4 is 10.1 Å². The van der Waals surface area contributed by atoms with Gasteiger partial charge in [0.25, 0.3) is 0 Å². The number of nitrogens with zero attached hydrogens (tertiary/aromatic N) is 4. The Hall–Kier alpha value is -3.09. The summed E-state index contributed by atoms with van der Waals surface area (Å²) in [7, 11) is 1.63. The van der Waals surface area contributed by atoms with Gasteiger partial charge >= 0.3 is 0 Å². The SMILES string of the molecule is COc1ccc2nc(Nc3ncc4c(n3)CCCC4=O)nc(C)c2c1. The molecule has 7 heteroatoms. The van der Waals surface area contributed by atoms with Crippen LogP contribution in [0.3, 0.4) is 0 Å². The molecule has 0 radical (unpaired) electrons. The largest absolute Gasteiger partial charge is 0.497 e. The molecule has 2 heterocycles. The molecule has 0 saturated heterocycles. The number of benzene rings is 1. The zero-order chi connectivity index (χ0) is 17.4. The molecule has 1 aliphatic rings. The molecule has 1 N–H and O–H groups in total. The van der Waals surface area contributed by atoms with E-state index in [1.165, 1.54) is 0 Å². The Kier molecular flexibility index (Phi) is 3.76. The van der Waals surface area contributed by atoms with E-state index in [1.54, 1.807) is 13.3 Å². The third kappa shape index (κ3) is 2.88. The summed E-state index contributed by atoms with van der Waals surface area (Å²) < 4.78 is 5.25. The molecule has 1 aliphatic carbocycles. The van der Waals surface area contributed by atoms with Crippen molar-refractivity contribution < 1.29 is 9.53 Å². The minimum Gasteiger partial charge on any atom is -0.497 e. The standard InChI is InChI=1S/C18H17N5O2/c1-10-12-8-11(25-2)6-7-15(12)22-18(20-10)23-17-19-9-13-14(21-17)4-3-5-16(13)24/h6-9H,3-5H2,1-2H3,(H,19,20,21,22,23). The van der Waals surface area contributed by atoms with Crippen molar-refractivity contribution in [2.75, 3.05) is 12.4 Å². The van der Waals surface area contributed by atoms with E-state index in [2.05, 4.69) is 25.3 Å². The lowest BCUT2D eigenvalue weighted by atomic mass is 9.96. The molecule has 0 amide bonds. The van der Waals surface area contributed by atoms with Crippen LogP contribution in [-0.2, 0) is 6.42 Å². The maximum absolute atomic E-state index is 11.9. The lowest BCUT2D eigenvalue weighted by Gasteiger charge is -2.14. The van der Waals surface area contributed by atoms with Crippen LogP contribution in [0.4, 0.5) is 11.9 Å². The summed E-state index contributed by atoms with van der Waals surface area (Å²) in [5.74, 6) is 1.71. The molecule has 2 aromatic heterocycles. The number of carbonyl (C=O) groups excluding carboxylic acids is 1. The second kappa shape index (κ2) is 6.08. The minimum absolute atomic E-state index is 0.111. The number of carbonyl (C=O) groups is 1. The number of hydrogen-bond acceptors (Lipinski definition) is 7. The molecule has 0 spiro atoms. The number of aryl methyl sites for hydroxylation is 2. The number of ether oxygens (including phenoxy) is 1. The predicted molar refractivity (Wildman–Crippen MR) is 93.4 cm³/mol. The van der Waals surface area contributed by atoms with Crippen molar-refractivity contribution in [3.63, 3.8) is 0 Å². The van der Waals surface area contributed by atoms with E-state index in [9.17, 15) is 4.79 Å². The van der Waals surface area contributed by atoms with Gasteiger partial charge in [-0.05, 0) is 38.0 Å². The first-order valence-electron chi connectivity index (χ1n) is 8.12.